The molecule has 2 atom stereocenters. The number of carbonyl (C=O) groups is 1. The molecule has 0 radical (unpaired) electrons. The molecule has 4 saturated carbocycles. The lowest BCUT2D eigenvalue weighted by Crippen LogP contribution is -2.60. The molecule has 4 aliphatic carbocycles. The van der Waals surface area contributed by atoms with Crippen molar-refractivity contribution in [2.24, 2.45) is 17.3 Å². The van der Waals surface area contributed by atoms with E-state index in [4.69, 9.17) is 11.6 Å². The molecule has 4 aliphatic rings. The van der Waals surface area contributed by atoms with Gasteiger partial charge in [0.2, 0.25) is 11.2 Å². The first kappa shape index (κ1) is 19.9. The van der Waals surface area contributed by atoms with Gasteiger partial charge < -0.3 is 10.4 Å². The molecular formula is C23H29ClN4O2. The number of aromatic hydroxyl groups is 1. The third kappa shape index (κ3) is 3.03. The summed E-state index contributed by atoms with van der Waals surface area (Å²) in [6.45, 7) is 6.02. The number of rotatable bonds is 4. The SMILES string of the molecule is Cc1cc(O)c(C(C)C)cc1NC(=O)C12C[C@H]3C[C@H](C1)CC(n1cnc(Cl)n1)(C3)C2. The van der Waals surface area contributed by atoms with Gasteiger partial charge in [-0.25, -0.2) is 9.67 Å². The van der Waals surface area contributed by atoms with Crippen LogP contribution in [0.4, 0.5) is 5.69 Å². The fraction of sp³-hybridized carbons (Fsp3) is 0.609. The van der Waals surface area contributed by atoms with Crippen LogP contribution < -0.4 is 5.32 Å². The van der Waals surface area contributed by atoms with Crippen LogP contribution in [0.5, 0.6) is 5.75 Å². The Morgan fingerprint density at radius 1 is 1.27 bits per heavy atom. The molecular weight excluding hydrogens is 400 g/mol. The molecule has 0 unspecified atom stereocenters. The Bertz CT molecular complexity index is 1000. The minimum atomic E-state index is -0.384. The van der Waals surface area contributed by atoms with Gasteiger partial charge in [0, 0.05) is 5.69 Å². The summed E-state index contributed by atoms with van der Waals surface area (Å²) in [5.74, 6) is 1.65. The monoisotopic (exact) mass is 428 g/mol. The van der Waals surface area contributed by atoms with E-state index in [1.165, 1.54) is 6.42 Å². The number of phenols is 1. The summed E-state index contributed by atoms with van der Waals surface area (Å²) in [5, 5.41) is 18.2. The topological polar surface area (TPSA) is 80.0 Å². The molecule has 6 nitrogen and oxygen atoms in total. The van der Waals surface area contributed by atoms with Crippen LogP contribution in [0.1, 0.15) is 69.4 Å². The van der Waals surface area contributed by atoms with Crippen LogP contribution in [-0.4, -0.2) is 25.8 Å². The maximum atomic E-state index is 13.7. The van der Waals surface area contributed by atoms with Crippen molar-refractivity contribution < 1.29 is 9.90 Å². The number of aromatic nitrogens is 3. The van der Waals surface area contributed by atoms with Gasteiger partial charge in [-0.15, -0.1) is 5.10 Å². The Labute approximate surface area is 182 Å². The van der Waals surface area contributed by atoms with Crippen molar-refractivity contribution in [3.63, 3.8) is 0 Å². The van der Waals surface area contributed by atoms with Crippen LogP contribution in [0.25, 0.3) is 0 Å². The van der Waals surface area contributed by atoms with Crippen LogP contribution in [0.2, 0.25) is 5.28 Å². The van der Waals surface area contributed by atoms with Gasteiger partial charge in [0.15, 0.2) is 0 Å². The van der Waals surface area contributed by atoms with Crippen LogP contribution in [0.3, 0.4) is 0 Å². The molecule has 1 aromatic heterocycles. The summed E-state index contributed by atoms with van der Waals surface area (Å²) in [6.07, 6.45) is 7.70. The Kier molecular flexibility index (Phi) is 4.44. The van der Waals surface area contributed by atoms with E-state index in [1.807, 2.05) is 31.5 Å². The lowest BCUT2D eigenvalue weighted by molar-refractivity contribution is -0.150. The van der Waals surface area contributed by atoms with Gasteiger partial charge in [-0.1, -0.05) is 13.8 Å². The summed E-state index contributed by atoms with van der Waals surface area (Å²) < 4.78 is 1.94. The van der Waals surface area contributed by atoms with Crippen molar-refractivity contribution in [2.45, 2.75) is 70.8 Å². The number of nitrogens with zero attached hydrogens (tertiary/aromatic N) is 3. The molecule has 1 aromatic carbocycles. The minimum absolute atomic E-state index is 0.107. The number of amides is 1. The Morgan fingerprint density at radius 2 is 1.97 bits per heavy atom. The maximum Gasteiger partial charge on any atom is 0.242 e. The largest absolute Gasteiger partial charge is 0.508 e. The van der Waals surface area contributed by atoms with Gasteiger partial charge in [-0.05, 0) is 98.1 Å². The van der Waals surface area contributed by atoms with Gasteiger partial charge in [0.25, 0.3) is 0 Å². The van der Waals surface area contributed by atoms with Gasteiger partial charge >= 0.3 is 0 Å². The average molecular weight is 429 g/mol. The number of benzene rings is 1. The van der Waals surface area contributed by atoms with E-state index < -0.39 is 0 Å². The molecule has 0 saturated heterocycles. The first-order valence-corrected chi connectivity index (χ1v) is 11.3. The van der Waals surface area contributed by atoms with Crippen molar-refractivity contribution in [3.8, 4) is 5.75 Å². The van der Waals surface area contributed by atoms with E-state index >= 15 is 0 Å². The number of aryl methyl sites for hydroxylation is 1. The quantitative estimate of drug-likeness (QED) is 0.671. The molecule has 7 heteroatoms. The van der Waals surface area contributed by atoms with Crippen LogP contribution >= 0.6 is 11.6 Å². The molecule has 2 aromatic rings. The molecule has 30 heavy (non-hydrogen) atoms. The fourth-order valence-electron chi connectivity index (χ4n) is 6.78. The highest BCUT2D eigenvalue weighted by Crippen LogP contribution is 2.64. The summed E-state index contributed by atoms with van der Waals surface area (Å²) >= 11 is 6.03. The highest BCUT2D eigenvalue weighted by Gasteiger charge is 2.61. The van der Waals surface area contributed by atoms with Crippen molar-refractivity contribution >= 4 is 23.2 Å². The average Bonchev–Trinajstić information content (AvgIpc) is 3.10. The molecule has 4 fully saturated rings. The summed E-state index contributed by atoms with van der Waals surface area (Å²) in [7, 11) is 0. The van der Waals surface area contributed by atoms with Gasteiger partial charge in [-0.3, -0.25) is 4.79 Å². The van der Waals surface area contributed by atoms with Crippen LogP contribution in [0, 0.1) is 24.2 Å². The van der Waals surface area contributed by atoms with Crippen molar-refractivity contribution in [3.05, 3.63) is 34.9 Å². The summed E-state index contributed by atoms with van der Waals surface area (Å²) in [6, 6.07) is 3.68. The van der Waals surface area contributed by atoms with Crippen LogP contribution in [0.15, 0.2) is 18.5 Å². The zero-order valence-corrected chi connectivity index (χ0v) is 18.5. The number of nitrogens with one attached hydrogen (secondary N) is 1. The van der Waals surface area contributed by atoms with Crippen molar-refractivity contribution in [1.82, 2.24) is 14.8 Å². The first-order valence-electron chi connectivity index (χ1n) is 10.9. The maximum absolute atomic E-state index is 13.7. The molecule has 1 amide bonds. The molecule has 6 rings (SSSR count). The zero-order chi connectivity index (χ0) is 21.3. The molecule has 4 bridgehead atoms. The van der Waals surface area contributed by atoms with E-state index in [0.29, 0.717) is 11.8 Å². The predicted molar refractivity (Wildman–Crippen MR) is 116 cm³/mol. The number of phenolic OH excluding ortho intramolecular Hbond substituents is 1. The second-order valence-corrected chi connectivity index (χ2v) is 10.6. The van der Waals surface area contributed by atoms with E-state index in [1.54, 1.807) is 12.4 Å². The summed E-state index contributed by atoms with van der Waals surface area (Å²) in [5.41, 5.74) is 2.00. The molecule has 0 spiro atoms. The normalized spacial score (nSPS) is 32.0. The Morgan fingerprint density at radius 3 is 2.57 bits per heavy atom. The number of hydrogen-bond acceptors (Lipinski definition) is 4. The highest BCUT2D eigenvalue weighted by molar-refractivity contribution is 6.28. The van der Waals surface area contributed by atoms with Gasteiger partial charge in [0.05, 0.1) is 11.0 Å². The molecule has 0 aliphatic heterocycles. The number of carbonyl (C=O) groups excluding carboxylic acids is 1. The molecule has 2 N–H and O–H groups in total. The number of anilines is 1. The number of hydrogen-bond donors (Lipinski definition) is 2. The van der Waals surface area contributed by atoms with Crippen molar-refractivity contribution in [2.75, 3.05) is 5.32 Å². The second-order valence-electron chi connectivity index (χ2n) is 10.3. The molecule has 160 valence electrons. The Balaban J connectivity index is 1.47. The van der Waals surface area contributed by atoms with E-state index in [-0.39, 0.29) is 33.8 Å². The molecule has 1 heterocycles. The second kappa shape index (κ2) is 6.71. The third-order valence-electron chi connectivity index (χ3n) is 7.71. The van der Waals surface area contributed by atoms with Crippen LogP contribution in [-0.2, 0) is 10.3 Å². The lowest BCUT2D eigenvalue weighted by Gasteiger charge is -2.60. The fourth-order valence-corrected chi connectivity index (χ4v) is 6.91. The predicted octanol–water partition coefficient (Wildman–Crippen LogP) is 5.00. The first-order chi connectivity index (χ1) is 14.2. The Hall–Kier alpha value is -2.08. The van der Waals surface area contributed by atoms with E-state index in [9.17, 15) is 9.90 Å². The highest BCUT2D eigenvalue weighted by atomic mass is 35.5. The van der Waals surface area contributed by atoms with Gasteiger partial charge in [-0.2, -0.15) is 0 Å². The smallest absolute Gasteiger partial charge is 0.242 e. The van der Waals surface area contributed by atoms with Crippen molar-refractivity contribution in [1.29, 1.82) is 0 Å². The third-order valence-corrected chi connectivity index (χ3v) is 7.88. The number of halogens is 1. The minimum Gasteiger partial charge on any atom is -0.508 e. The standard InChI is InChI=1S/C23H29ClN4O2/c1-13(2)17-6-18(14(3)4-19(17)29)26-20(30)22-7-15-5-16(8-22)10-23(9-15,11-22)28-12-25-21(24)27-28/h4,6,12-13,15-16,29H,5,7-11H2,1-3H3,(H,26,30)/t15-,16-,22?,23?/m1/s1. The van der Waals surface area contributed by atoms with E-state index in [2.05, 4.69) is 15.4 Å². The van der Waals surface area contributed by atoms with E-state index in [0.717, 1.165) is 48.9 Å². The zero-order valence-electron chi connectivity index (χ0n) is 17.8. The lowest BCUT2D eigenvalue weighted by atomic mass is 9.46. The van der Waals surface area contributed by atoms with Gasteiger partial charge in [0.1, 0.15) is 12.1 Å². The summed E-state index contributed by atoms with van der Waals surface area (Å²) in [4.78, 5) is 17.9.